The van der Waals surface area contributed by atoms with Crippen LogP contribution in [0, 0.1) is 0 Å². The van der Waals surface area contributed by atoms with Crippen molar-refractivity contribution in [1.82, 2.24) is 10.2 Å². The molecule has 7 heteroatoms. The largest absolute Gasteiger partial charge is 0.390 e. The van der Waals surface area contributed by atoms with Crippen LogP contribution in [0.5, 0.6) is 0 Å². The van der Waals surface area contributed by atoms with Crippen LogP contribution >= 0.6 is 11.3 Å². The van der Waals surface area contributed by atoms with Crippen LogP contribution < -0.4 is 5.32 Å². The highest BCUT2D eigenvalue weighted by atomic mass is 32.1. The van der Waals surface area contributed by atoms with Crippen LogP contribution in [0.15, 0.2) is 17.5 Å². The minimum atomic E-state index is -4.25. The van der Waals surface area contributed by atoms with E-state index < -0.39 is 18.8 Å². The Morgan fingerprint density at radius 1 is 1.45 bits per heavy atom. The van der Waals surface area contributed by atoms with Crippen molar-refractivity contribution in [3.05, 3.63) is 22.4 Å². The molecule has 0 aromatic carbocycles. The monoisotopic (exact) mass is 306 g/mol. The first-order valence-electron chi connectivity index (χ1n) is 6.59. The third-order valence-electron chi connectivity index (χ3n) is 3.28. The van der Waals surface area contributed by atoms with Gasteiger partial charge in [-0.15, -0.1) is 11.3 Å². The fourth-order valence-electron chi connectivity index (χ4n) is 2.34. The molecule has 1 aliphatic heterocycles. The van der Waals surface area contributed by atoms with E-state index in [1.807, 2.05) is 24.4 Å². The summed E-state index contributed by atoms with van der Waals surface area (Å²) in [5.41, 5.74) is 0. The zero-order chi connectivity index (χ0) is 14.8. The summed E-state index contributed by atoms with van der Waals surface area (Å²) in [4.78, 5) is 14.4. The molecule has 1 aromatic rings. The van der Waals surface area contributed by atoms with Crippen molar-refractivity contribution in [1.29, 1.82) is 0 Å². The molecular formula is C13H17F3N2OS. The fraction of sp³-hybridized carbons (Fsp3) is 0.615. The zero-order valence-electron chi connectivity index (χ0n) is 11.1. The van der Waals surface area contributed by atoms with Crippen LogP contribution in [-0.4, -0.2) is 29.6 Å². The van der Waals surface area contributed by atoms with Gasteiger partial charge in [-0.1, -0.05) is 19.4 Å². The quantitative estimate of drug-likeness (QED) is 0.905. The SMILES string of the molecule is CCCC1NC(c2cccs2)N(CCC(F)(F)F)C1=O. The Labute approximate surface area is 119 Å². The standard InChI is InChI=1S/C13H17F3N2OS/c1-2-4-9-12(19)18(7-6-13(14,15)16)11(17-9)10-5-3-8-20-10/h3,5,8-9,11,17H,2,4,6-7H2,1H3. The Bertz CT molecular complexity index is 447. The van der Waals surface area contributed by atoms with E-state index in [0.29, 0.717) is 6.42 Å². The molecule has 0 radical (unpaired) electrons. The van der Waals surface area contributed by atoms with Gasteiger partial charge in [-0.2, -0.15) is 13.2 Å². The van der Waals surface area contributed by atoms with Gasteiger partial charge < -0.3 is 4.90 Å². The van der Waals surface area contributed by atoms with Crippen LogP contribution in [0.2, 0.25) is 0 Å². The van der Waals surface area contributed by atoms with Crippen LogP contribution in [0.1, 0.15) is 37.2 Å². The van der Waals surface area contributed by atoms with Gasteiger partial charge in [0.1, 0.15) is 6.17 Å². The summed E-state index contributed by atoms with van der Waals surface area (Å²) < 4.78 is 37.2. The molecule has 2 unspecified atom stereocenters. The summed E-state index contributed by atoms with van der Waals surface area (Å²) in [6.07, 6.45) is -4.19. The summed E-state index contributed by atoms with van der Waals surface area (Å²) in [7, 11) is 0. The molecule has 1 amide bonds. The second-order valence-corrected chi connectivity index (χ2v) is 5.80. The van der Waals surface area contributed by atoms with Crippen LogP contribution in [0.4, 0.5) is 13.2 Å². The van der Waals surface area contributed by atoms with Gasteiger partial charge in [0.2, 0.25) is 5.91 Å². The van der Waals surface area contributed by atoms with Crippen LogP contribution in [-0.2, 0) is 4.79 Å². The van der Waals surface area contributed by atoms with Gasteiger partial charge in [0, 0.05) is 11.4 Å². The molecule has 0 saturated carbocycles. The van der Waals surface area contributed by atoms with Gasteiger partial charge in [-0.25, -0.2) is 0 Å². The van der Waals surface area contributed by atoms with Gasteiger partial charge in [-0.3, -0.25) is 10.1 Å². The van der Waals surface area contributed by atoms with Crippen molar-refractivity contribution in [2.75, 3.05) is 6.54 Å². The summed E-state index contributed by atoms with van der Waals surface area (Å²) in [6.45, 7) is 1.66. The van der Waals surface area contributed by atoms with E-state index in [4.69, 9.17) is 0 Å². The minimum absolute atomic E-state index is 0.227. The minimum Gasteiger partial charge on any atom is -0.320 e. The third-order valence-corrected chi connectivity index (χ3v) is 4.20. The molecule has 1 aromatic heterocycles. The Morgan fingerprint density at radius 3 is 2.75 bits per heavy atom. The Kier molecular flexibility index (Phi) is 4.70. The van der Waals surface area contributed by atoms with Gasteiger partial charge in [0.05, 0.1) is 12.5 Å². The van der Waals surface area contributed by atoms with E-state index in [0.717, 1.165) is 11.3 Å². The number of thiophene rings is 1. The van der Waals surface area contributed by atoms with E-state index in [1.54, 1.807) is 0 Å². The topological polar surface area (TPSA) is 32.3 Å². The molecule has 1 fully saturated rings. The summed E-state index contributed by atoms with van der Waals surface area (Å²) >= 11 is 1.44. The van der Waals surface area contributed by atoms with E-state index in [2.05, 4.69) is 5.32 Å². The predicted molar refractivity (Wildman–Crippen MR) is 71.3 cm³/mol. The number of alkyl halides is 3. The van der Waals surface area contributed by atoms with Crippen LogP contribution in [0.25, 0.3) is 0 Å². The fourth-order valence-corrected chi connectivity index (χ4v) is 3.14. The van der Waals surface area contributed by atoms with E-state index in [1.165, 1.54) is 16.2 Å². The highest BCUT2D eigenvalue weighted by Crippen LogP contribution is 2.31. The third kappa shape index (κ3) is 3.52. The summed E-state index contributed by atoms with van der Waals surface area (Å²) in [5, 5.41) is 5.01. The molecule has 1 aliphatic rings. The maximum Gasteiger partial charge on any atom is 0.390 e. The molecule has 1 saturated heterocycles. The normalized spacial score (nSPS) is 23.6. The average molecular weight is 306 g/mol. The van der Waals surface area contributed by atoms with E-state index >= 15 is 0 Å². The van der Waals surface area contributed by atoms with Gasteiger partial charge >= 0.3 is 6.18 Å². The molecule has 2 rings (SSSR count). The number of halogens is 3. The number of nitrogens with zero attached hydrogens (tertiary/aromatic N) is 1. The number of nitrogens with one attached hydrogen (secondary N) is 1. The maximum atomic E-state index is 12.4. The van der Waals surface area contributed by atoms with E-state index in [-0.39, 0.29) is 18.5 Å². The number of hydrogen-bond donors (Lipinski definition) is 1. The van der Waals surface area contributed by atoms with Gasteiger partial charge in [0.25, 0.3) is 0 Å². The Morgan fingerprint density at radius 2 is 2.20 bits per heavy atom. The van der Waals surface area contributed by atoms with Gasteiger partial charge in [-0.05, 0) is 17.9 Å². The van der Waals surface area contributed by atoms with Crippen molar-refractivity contribution in [3.63, 3.8) is 0 Å². The van der Waals surface area contributed by atoms with E-state index in [9.17, 15) is 18.0 Å². The summed E-state index contributed by atoms with van der Waals surface area (Å²) in [5.74, 6) is -0.227. The molecule has 2 heterocycles. The van der Waals surface area contributed by atoms with Crippen molar-refractivity contribution >= 4 is 17.2 Å². The molecule has 1 N–H and O–H groups in total. The van der Waals surface area contributed by atoms with Crippen molar-refractivity contribution < 1.29 is 18.0 Å². The lowest BCUT2D eigenvalue weighted by Gasteiger charge is -2.23. The Balaban J connectivity index is 2.13. The summed E-state index contributed by atoms with van der Waals surface area (Å²) in [6, 6.07) is 3.30. The lowest BCUT2D eigenvalue weighted by molar-refractivity contribution is -0.145. The number of amides is 1. The number of rotatable bonds is 5. The molecule has 3 nitrogen and oxygen atoms in total. The van der Waals surface area contributed by atoms with Crippen molar-refractivity contribution in [2.45, 2.75) is 44.6 Å². The Hall–Kier alpha value is -1.08. The zero-order valence-corrected chi connectivity index (χ0v) is 11.9. The number of carbonyl (C=O) groups excluding carboxylic acids is 1. The number of carbonyl (C=O) groups is 1. The smallest absolute Gasteiger partial charge is 0.320 e. The van der Waals surface area contributed by atoms with Crippen molar-refractivity contribution in [3.8, 4) is 0 Å². The number of hydrogen-bond acceptors (Lipinski definition) is 3. The second kappa shape index (κ2) is 6.13. The molecular weight excluding hydrogens is 289 g/mol. The molecule has 0 aliphatic carbocycles. The first-order valence-corrected chi connectivity index (χ1v) is 7.47. The first-order chi connectivity index (χ1) is 9.42. The lowest BCUT2D eigenvalue weighted by atomic mass is 10.1. The van der Waals surface area contributed by atoms with Crippen LogP contribution in [0.3, 0.4) is 0 Å². The molecule has 0 bridgehead atoms. The van der Waals surface area contributed by atoms with Gasteiger partial charge in [0.15, 0.2) is 0 Å². The van der Waals surface area contributed by atoms with Crippen molar-refractivity contribution in [2.24, 2.45) is 0 Å². The first kappa shape index (κ1) is 15.3. The predicted octanol–water partition coefficient (Wildman–Crippen LogP) is 3.30. The molecule has 112 valence electrons. The lowest BCUT2D eigenvalue weighted by Crippen LogP contribution is -2.33. The maximum absolute atomic E-state index is 12.4. The molecule has 0 spiro atoms. The average Bonchev–Trinajstić information content (AvgIpc) is 2.96. The molecule has 20 heavy (non-hydrogen) atoms. The highest BCUT2D eigenvalue weighted by Gasteiger charge is 2.41. The highest BCUT2D eigenvalue weighted by molar-refractivity contribution is 7.10. The molecule has 2 atom stereocenters. The second-order valence-electron chi connectivity index (χ2n) is 4.82.